The molecule has 4 heteroatoms. The van der Waals surface area contributed by atoms with Crippen LogP contribution in [0, 0.1) is 0 Å². The Morgan fingerprint density at radius 1 is 1.17 bits per heavy atom. The first-order valence-electron chi connectivity index (χ1n) is 5.86. The summed E-state index contributed by atoms with van der Waals surface area (Å²) in [7, 11) is 0. The second kappa shape index (κ2) is 6.99. The first-order valence-corrected chi connectivity index (χ1v) is 5.86. The van der Waals surface area contributed by atoms with Crippen LogP contribution in [0.25, 0.3) is 0 Å². The van der Waals surface area contributed by atoms with Gasteiger partial charge >= 0.3 is 11.9 Å². The summed E-state index contributed by atoms with van der Waals surface area (Å²) in [4.78, 5) is 22.7. The first-order chi connectivity index (χ1) is 8.13. The van der Waals surface area contributed by atoms with Crippen molar-refractivity contribution in [3.8, 4) is 0 Å². The fourth-order valence-electron chi connectivity index (χ4n) is 0.992. The lowest BCUT2D eigenvalue weighted by atomic mass is 10.2. The number of ether oxygens (including phenoxy) is 2. The molecule has 0 aliphatic rings. The SMILES string of the molecule is C=C(C)C(=O)OCCC=C(C)C(=O)OC(C)(C)C. The van der Waals surface area contributed by atoms with E-state index in [9.17, 15) is 9.59 Å². The lowest BCUT2D eigenvalue weighted by Crippen LogP contribution is -2.24. The summed E-state index contributed by atoms with van der Waals surface area (Å²) in [6.07, 6.45) is 2.17. The van der Waals surface area contributed by atoms with Crippen LogP contribution in [0.4, 0.5) is 0 Å². The van der Waals surface area contributed by atoms with E-state index in [0.717, 1.165) is 0 Å². The van der Waals surface area contributed by atoms with Crippen molar-refractivity contribution in [3.63, 3.8) is 0 Å². The topological polar surface area (TPSA) is 52.6 Å². The van der Waals surface area contributed by atoms with Gasteiger partial charge in [0.1, 0.15) is 5.60 Å². The van der Waals surface area contributed by atoms with E-state index < -0.39 is 11.6 Å². The molecule has 0 N–H and O–H groups in total. The molecule has 0 spiro atoms. The summed E-state index contributed by atoms with van der Waals surface area (Å²) in [6, 6.07) is 0. The van der Waals surface area contributed by atoms with Gasteiger partial charge in [-0.15, -0.1) is 0 Å². The maximum atomic E-state index is 11.6. The molecule has 0 aliphatic heterocycles. The Morgan fingerprint density at radius 2 is 1.72 bits per heavy atom. The van der Waals surface area contributed by atoms with Gasteiger partial charge in [-0.2, -0.15) is 0 Å². The minimum absolute atomic E-state index is 0.228. The molecule has 0 atom stereocenters. The highest BCUT2D eigenvalue weighted by Gasteiger charge is 2.17. The molecular formula is C14H22O4. The third kappa shape index (κ3) is 7.65. The molecule has 18 heavy (non-hydrogen) atoms. The average Bonchev–Trinajstić information content (AvgIpc) is 2.20. The Labute approximate surface area is 109 Å². The van der Waals surface area contributed by atoms with E-state index >= 15 is 0 Å². The second-order valence-electron chi connectivity index (χ2n) is 5.09. The van der Waals surface area contributed by atoms with Crippen LogP contribution in [0.15, 0.2) is 23.8 Å². The number of hydrogen-bond acceptors (Lipinski definition) is 4. The summed E-state index contributed by atoms with van der Waals surface area (Å²) in [6.45, 7) is 12.4. The zero-order valence-corrected chi connectivity index (χ0v) is 11.8. The van der Waals surface area contributed by atoms with E-state index in [1.165, 1.54) is 0 Å². The number of rotatable bonds is 5. The van der Waals surface area contributed by atoms with Gasteiger partial charge in [0.2, 0.25) is 0 Å². The van der Waals surface area contributed by atoms with Crippen molar-refractivity contribution in [3.05, 3.63) is 23.8 Å². The van der Waals surface area contributed by atoms with Gasteiger partial charge in [0.05, 0.1) is 6.61 Å². The number of hydrogen-bond donors (Lipinski definition) is 0. The quantitative estimate of drug-likeness (QED) is 0.430. The molecule has 0 fully saturated rings. The van der Waals surface area contributed by atoms with Gasteiger partial charge in [0.15, 0.2) is 0 Å². The van der Waals surface area contributed by atoms with Crippen LogP contribution < -0.4 is 0 Å². The maximum Gasteiger partial charge on any atom is 0.333 e. The lowest BCUT2D eigenvalue weighted by Gasteiger charge is -2.19. The van der Waals surface area contributed by atoms with Crippen LogP contribution in [-0.4, -0.2) is 24.1 Å². The van der Waals surface area contributed by atoms with Crippen LogP contribution in [0.3, 0.4) is 0 Å². The predicted molar refractivity (Wildman–Crippen MR) is 70.0 cm³/mol. The second-order valence-corrected chi connectivity index (χ2v) is 5.09. The molecule has 0 aromatic carbocycles. The molecule has 0 bridgehead atoms. The van der Waals surface area contributed by atoms with E-state index in [0.29, 0.717) is 17.6 Å². The minimum atomic E-state index is -0.501. The summed E-state index contributed by atoms with van der Waals surface area (Å²) < 4.78 is 10.1. The van der Waals surface area contributed by atoms with Crippen molar-refractivity contribution < 1.29 is 19.1 Å². The summed E-state index contributed by atoms with van der Waals surface area (Å²) in [5.74, 6) is -0.771. The summed E-state index contributed by atoms with van der Waals surface area (Å²) >= 11 is 0. The molecule has 0 saturated carbocycles. The average molecular weight is 254 g/mol. The highest BCUT2D eigenvalue weighted by atomic mass is 16.6. The molecule has 0 aromatic heterocycles. The van der Waals surface area contributed by atoms with Gasteiger partial charge in [-0.05, 0) is 34.6 Å². The van der Waals surface area contributed by atoms with E-state index in [-0.39, 0.29) is 12.6 Å². The molecule has 0 aliphatic carbocycles. The maximum absolute atomic E-state index is 11.6. The molecule has 0 unspecified atom stereocenters. The van der Waals surface area contributed by atoms with Gasteiger partial charge in [0.25, 0.3) is 0 Å². The van der Waals surface area contributed by atoms with Crippen molar-refractivity contribution >= 4 is 11.9 Å². The third-order valence-corrected chi connectivity index (χ3v) is 1.87. The number of esters is 2. The first kappa shape index (κ1) is 16.4. The van der Waals surface area contributed by atoms with Gasteiger partial charge in [-0.3, -0.25) is 0 Å². The fraction of sp³-hybridized carbons (Fsp3) is 0.571. The Hall–Kier alpha value is -1.58. The highest BCUT2D eigenvalue weighted by Crippen LogP contribution is 2.11. The molecular weight excluding hydrogens is 232 g/mol. The molecule has 0 rings (SSSR count). The van der Waals surface area contributed by atoms with Crippen LogP contribution in [0.2, 0.25) is 0 Å². The van der Waals surface area contributed by atoms with Crippen molar-refractivity contribution in [1.82, 2.24) is 0 Å². The minimum Gasteiger partial charge on any atom is -0.462 e. The smallest absolute Gasteiger partial charge is 0.333 e. The molecule has 0 aromatic rings. The molecule has 0 heterocycles. The Kier molecular flexibility index (Phi) is 6.37. The normalized spacial score (nSPS) is 11.9. The molecule has 0 radical (unpaired) electrons. The van der Waals surface area contributed by atoms with E-state index in [1.807, 2.05) is 20.8 Å². The van der Waals surface area contributed by atoms with Crippen molar-refractivity contribution in [2.24, 2.45) is 0 Å². The van der Waals surface area contributed by atoms with E-state index in [2.05, 4.69) is 6.58 Å². The third-order valence-electron chi connectivity index (χ3n) is 1.87. The van der Waals surface area contributed by atoms with Crippen LogP contribution in [0.1, 0.15) is 41.0 Å². The molecule has 102 valence electrons. The fourth-order valence-corrected chi connectivity index (χ4v) is 0.992. The summed E-state index contributed by atoms with van der Waals surface area (Å²) in [5.41, 5.74) is 0.373. The Bertz CT molecular complexity index is 358. The Balaban J connectivity index is 4.09. The van der Waals surface area contributed by atoms with Crippen molar-refractivity contribution in [2.45, 2.75) is 46.6 Å². The largest absolute Gasteiger partial charge is 0.462 e. The van der Waals surface area contributed by atoms with Crippen LogP contribution >= 0.6 is 0 Å². The molecule has 0 saturated heterocycles. The van der Waals surface area contributed by atoms with Crippen LogP contribution in [0.5, 0.6) is 0 Å². The lowest BCUT2D eigenvalue weighted by molar-refractivity contribution is -0.149. The van der Waals surface area contributed by atoms with Crippen molar-refractivity contribution in [2.75, 3.05) is 6.61 Å². The highest BCUT2D eigenvalue weighted by molar-refractivity contribution is 5.88. The van der Waals surface area contributed by atoms with Crippen LogP contribution in [-0.2, 0) is 19.1 Å². The van der Waals surface area contributed by atoms with Gasteiger partial charge < -0.3 is 9.47 Å². The van der Waals surface area contributed by atoms with E-state index in [1.54, 1.807) is 19.9 Å². The van der Waals surface area contributed by atoms with Gasteiger partial charge in [-0.25, -0.2) is 9.59 Å². The van der Waals surface area contributed by atoms with Gasteiger partial charge in [0, 0.05) is 17.6 Å². The monoisotopic (exact) mass is 254 g/mol. The predicted octanol–water partition coefficient (Wildman–Crippen LogP) is 2.78. The molecule has 0 amide bonds. The van der Waals surface area contributed by atoms with Crippen molar-refractivity contribution in [1.29, 1.82) is 0 Å². The summed E-state index contributed by atoms with van der Waals surface area (Å²) in [5, 5.41) is 0. The zero-order chi connectivity index (χ0) is 14.3. The van der Waals surface area contributed by atoms with Gasteiger partial charge in [-0.1, -0.05) is 12.7 Å². The number of carbonyl (C=O) groups is 2. The van der Waals surface area contributed by atoms with E-state index in [4.69, 9.17) is 9.47 Å². The standard InChI is InChI=1S/C14H22O4/c1-10(2)12(15)17-9-7-8-11(3)13(16)18-14(4,5)6/h8H,1,7,9H2,2-6H3. The number of carbonyl (C=O) groups excluding carboxylic acids is 2. The Morgan fingerprint density at radius 3 is 2.17 bits per heavy atom. The zero-order valence-electron chi connectivity index (χ0n) is 11.8. The molecule has 4 nitrogen and oxygen atoms in total.